The minimum atomic E-state index is -0.861. The molecule has 2 aromatic carbocycles. The third-order valence-corrected chi connectivity index (χ3v) is 4.22. The summed E-state index contributed by atoms with van der Waals surface area (Å²) in [6, 6.07) is 10.7. The summed E-state index contributed by atoms with van der Waals surface area (Å²) in [5, 5.41) is 10.4. The van der Waals surface area contributed by atoms with Gasteiger partial charge in [-0.25, -0.2) is 9.37 Å². The molecule has 0 fully saturated rings. The van der Waals surface area contributed by atoms with E-state index in [-0.39, 0.29) is 0 Å². The van der Waals surface area contributed by atoms with Crippen molar-refractivity contribution in [3.63, 3.8) is 0 Å². The topological polar surface area (TPSA) is 48.9 Å². The van der Waals surface area contributed by atoms with Crippen LogP contribution in [0.2, 0.25) is 0 Å². The van der Waals surface area contributed by atoms with E-state index in [4.69, 9.17) is 0 Å². The highest BCUT2D eigenvalue weighted by atomic mass is 32.2. The molecule has 3 aromatic rings. The number of imidazole rings is 1. The molecule has 1 atom stereocenters. The molecule has 0 bridgehead atoms. The van der Waals surface area contributed by atoms with Crippen LogP contribution in [-0.4, -0.2) is 15.1 Å². The maximum absolute atomic E-state index is 13.9. The Morgan fingerprint density at radius 3 is 2.86 bits per heavy atom. The quantitative estimate of drug-likeness (QED) is 0.761. The van der Waals surface area contributed by atoms with Crippen LogP contribution in [0.5, 0.6) is 0 Å². The van der Waals surface area contributed by atoms with Crippen molar-refractivity contribution in [2.45, 2.75) is 30.0 Å². The lowest BCUT2D eigenvalue weighted by molar-refractivity contribution is 0.191. The van der Waals surface area contributed by atoms with Crippen molar-refractivity contribution in [3.8, 4) is 0 Å². The molecule has 3 nitrogen and oxygen atoms in total. The minimum absolute atomic E-state index is 0.305. The standard InChI is InChI=1S/C16H15FN2OS/c1-9-6-7-12-13(8-9)19-16(18-12)21-14-5-3-4-11(17)15(14)10(2)20/h3-8,10,20H,1-2H3,(H,18,19)/t10-/m1/s1. The largest absolute Gasteiger partial charge is 0.389 e. The van der Waals surface area contributed by atoms with Crippen molar-refractivity contribution in [2.75, 3.05) is 0 Å². The molecule has 2 N–H and O–H groups in total. The third-order valence-electron chi connectivity index (χ3n) is 3.25. The van der Waals surface area contributed by atoms with Gasteiger partial charge >= 0.3 is 0 Å². The van der Waals surface area contributed by atoms with Gasteiger partial charge in [-0.1, -0.05) is 23.9 Å². The average Bonchev–Trinajstić information content (AvgIpc) is 2.79. The molecule has 0 amide bonds. The molecule has 108 valence electrons. The number of hydrogen-bond donors (Lipinski definition) is 2. The van der Waals surface area contributed by atoms with Crippen LogP contribution in [0.1, 0.15) is 24.2 Å². The SMILES string of the molecule is Cc1ccc2nc(Sc3cccc(F)c3[C@@H](C)O)[nH]c2c1. The highest BCUT2D eigenvalue weighted by molar-refractivity contribution is 7.99. The molecule has 5 heteroatoms. The van der Waals surface area contributed by atoms with Gasteiger partial charge in [0, 0.05) is 10.5 Å². The Bertz CT molecular complexity index is 798. The van der Waals surface area contributed by atoms with E-state index >= 15 is 0 Å². The van der Waals surface area contributed by atoms with Crippen molar-refractivity contribution >= 4 is 22.8 Å². The van der Waals surface area contributed by atoms with Gasteiger partial charge in [0.05, 0.1) is 17.1 Å². The van der Waals surface area contributed by atoms with Crippen LogP contribution >= 0.6 is 11.8 Å². The number of aromatic amines is 1. The summed E-state index contributed by atoms with van der Waals surface area (Å²) in [6.07, 6.45) is -0.861. The maximum Gasteiger partial charge on any atom is 0.171 e. The van der Waals surface area contributed by atoms with Gasteiger partial charge in [0.1, 0.15) is 5.82 Å². The Morgan fingerprint density at radius 2 is 2.10 bits per heavy atom. The van der Waals surface area contributed by atoms with E-state index in [0.717, 1.165) is 16.6 Å². The number of aryl methyl sites for hydroxylation is 1. The average molecular weight is 302 g/mol. The number of aromatic nitrogens is 2. The number of halogens is 1. The number of aliphatic hydroxyl groups is 1. The lowest BCUT2D eigenvalue weighted by Crippen LogP contribution is -1.98. The summed E-state index contributed by atoms with van der Waals surface area (Å²) < 4.78 is 13.9. The highest BCUT2D eigenvalue weighted by Gasteiger charge is 2.15. The number of rotatable bonds is 3. The Hall–Kier alpha value is -1.85. The van der Waals surface area contributed by atoms with Crippen LogP contribution in [0.15, 0.2) is 46.5 Å². The van der Waals surface area contributed by atoms with Gasteiger partial charge in [-0.2, -0.15) is 0 Å². The fourth-order valence-corrected chi connectivity index (χ4v) is 3.30. The van der Waals surface area contributed by atoms with Crippen molar-refractivity contribution < 1.29 is 9.50 Å². The monoisotopic (exact) mass is 302 g/mol. The summed E-state index contributed by atoms with van der Waals surface area (Å²) in [4.78, 5) is 8.37. The van der Waals surface area contributed by atoms with Gasteiger partial charge < -0.3 is 10.1 Å². The van der Waals surface area contributed by atoms with Crippen LogP contribution in [0, 0.1) is 12.7 Å². The molecule has 0 aliphatic heterocycles. The van der Waals surface area contributed by atoms with Gasteiger partial charge in [0.25, 0.3) is 0 Å². The first kappa shape index (κ1) is 14.1. The zero-order valence-corrected chi connectivity index (χ0v) is 12.5. The number of fused-ring (bicyclic) bond motifs is 1. The second-order valence-corrected chi connectivity index (χ2v) is 6.02. The number of benzene rings is 2. The molecule has 21 heavy (non-hydrogen) atoms. The molecule has 0 spiro atoms. The lowest BCUT2D eigenvalue weighted by atomic mass is 10.1. The molecule has 1 aromatic heterocycles. The van der Waals surface area contributed by atoms with Gasteiger partial charge in [0.15, 0.2) is 5.16 Å². The predicted octanol–water partition coefficient (Wildman–Crippen LogP) is 4.21. The Labute approximate surface area is 126 Å². The molecule has 0 radical (unpaired) electrons. The molecule has 0 saturated heterocycles. The van der Waals surface area contributed by atoms with Gasteiger partial charge in [0.2, 0.25) is 0 Å². The summed E-state index contributed by atoms with van der Waals surface area (Å²) >= 11 is 1.32. The van der Waals surface area contributed by atoms with Crippen LogP contribution in [-0.2, 0) is 0 Å². The third kappa shape index (κ3) is 2.80. The van der Waals surface area contributed by atoms with E-state index in [1.807, 2.05) is 25.1 Å². The molecular formula is C16H15FN2OS. The van der Waals surface area contributed by atoms with E-state index in [1.165, 1.54) is 17.8 Å². The normalized spacial score (nSPS) is 12.8. The number of nitrogens with one attached hydrogen (secondary N) is 1. The number of aliphatic hydroxyl groups excluding tert-OH is 1. The summed E-state index contributed by atoms with van der Waals surface area (Å²) in [5.74, 6) is -0.401. The smallest absolute Gasteiger partial charge is 0.171 e. The molecule has 0 saturated carbocycles. The number of H-pyrrole nitrogens is 1. The van der Waals surface area contributed by atoms with Crippen molar-refractivity contribution in [1.29, 1.82) is 0 Å². The van der Waals surface area contributed by atoms with Gasteiger partial charge in [-0.3, -0.25) is 0 Å². The zero-order chi connectivity index (χ0) is 15.0. The number of hydrogen-bond acceptors (Lipinski definition) is 3. The lowest BCUT2D eigenvalue weighted by Gasteiger charge is -2.11. The fraction of sp³-hybridized carbons (Fsp3) is 0.188. The molecular weight excluding hydrogens is 287 g/mol. The number of nitrogens with zero attached hydrogens (tertiary/aromatic N) is 1. The molecule has 3 rings (SSSR count). The summed E-state index contributed by atoms with van der Waals surface area (Å²) in [6.45, 7) is 3.58. The first-order valence-corrected chi connectivity index (χ1v) is 7.47. The molecule has 0 unspecified atom stereocenters. The summed E-state index contributed by atoms with van der Waals surface area (Å²) in [7, 11) is 0. The molecule has 0 aliphatic rings. The second-order valence-electron chi connectivity index (χ2n) is 4.99. The highest BCUT2D eigenvalue weighted by Crippen LogP contribution is 2.34. The first-order valence-electron chi connectivity index (χ1n) is 6.65. The van der Waals surface area contributed by atoms with Crippen LogP contribution < -0.4 is 0 Å². The van der Waals surface area contributed by atoms with Crippen LogP contribution in [0.3, 0.4) is 0 Å². The van der Waals surface area contributed by atoms with Crippen LogP contribution in [0.4, 0.5) is 4.39 Å². The minimum Gasteiger partial charge on any atom is -0.389 e. The van der Waals surface area contributed by atoms with Crippen LogP contribution in [0.25, 0.3) is 11.0 Å². The zero-order valence-electron chi connectivity index (χ0n) is 11.7. The van der Waals surface area contributed by atoms with E-state index < -0.39 is 11.9 Å². The van der Waals surface area contributed by atoms with Crippen molar-refractivity contribution in [3.05, 3.63) is 53.3 Å². The molecule has 0 aliphatic carbocycles. The molecule has 1 heterocycles. The van der Waals surface area contributed by atoms with Crippen molar-refractivity contribution in [2.24, 2.45) is 0 Å². The Kier molecular flexibility index (Phi) is 3.69. The Balaban J connectivity index is 2.00. The maximum atomic E-state index is 13.9. The summed E-state index contributed by atoms with van der Waals surface area (Å²) in [5.41, 5.74) is 3.28. The first-order chi connectivity index (χ1) is 10.0. The van der Waals surface area contributed by atoms with E-state index in [2.05, 4.69) is 9.97 Å². The fourth-order valence-electron chi connectivity index (χ4n) is 2.26. The van der Waals surface area contributed by atoms with Gasteiger partial charge in [-0.05, 0) is 43.7 Å². The predicted molar refractivity (Wildman–Crippen MR) is 82.0 cm³/mol. The second kappa shape index (κ2) is 5.50. The van der Waals surface area contributed by atoms with Gasteiger partial charge in [-0.15, -0.1) is 0 Å². The van der Waals surface area contributed by atoms with Crippen molar-refractivity contribution in [1.82, 2.24) is 9.97 Å². The van der Waals surface area contributed by atoms with E-state index in [1.54, 1.807) is 19.1 Å². The Morgan fingerprint density at radius 1 is 1.29 bits per heavy atom. The van der Waals surface area contributed by atoms with E-state index in [9.17, 15) is 9.50 Å². The van der Waals surface area contributed by atoms with E-state index in [0.29, 0.717) is 15.6 Å².